The van der Waals surface area contributed by atoms with E-state index in [0.717, 1.165) is 0 Å². The van der Waals surface area contributed by atoms with Gasteiger partial charge in [0.1, 0.15) is 18.2 Å². The number of benzene rings is 2. The number of para-hydroxylation sites is 1. The predicted octanol–water partition coefficient (Wildman–Crippen LogP) is 3.57. The van der Waals surface area contributed by atoms with Crippen molar-refractivity contribution in [1.82, 2.24) is 0 Å². The van der Waals surface area contributed by atoms with Gasteiger partial charge in [0.15, 0.2) is 5.78 Å². The molecule has 1 spiro atoms. The molecule has 1 aliphatic heterocycles. The number of halogens is 1. The highest BCUT2D eigenvalue weighted by Crippen LogP contribution is 2.63. The molecule has 0 aromatic heterocycles. The van der Waals surface area contributed by atoms with E-state index in [9.17, 15) is 9.18 Å². The van der Waals surface area contributed by atoms with Gasteiger partial charge in [-0.25, -0.2) is 4.39 Å². The van der Waals surface area contributed by atoms with E-state index in [0.29, 0.717) is 29.9 Å². The first-order chi connectivity index (χ1) is 9.72. The molecule has 3 heteroatoms. The van der Waals surface area contributed by atoms with Crippen molar-refractivity contribution in [2.45, 2.75) is 12.3 Å². The number of Topliss-reactive ketones (excluding diaryl/α,β-unsaturated/α-hetero) is 1. The fraction of sp³-hybridized carbons (Fsp3) is 0.235. The number of carbonyl (C=O) groups excluding carboxylic acids is 1. The molecular formula is C17H13FO2. The molecule has 0 saturated heterocycles. The second kappa shape index (κ2) is 3.92. The van der Waals surface area contributed by atoms with Crippen LogP contribution in [0.3, 0.4) is 0 Å². The molecule has 20 heavy (non-hydrogen) atoms. The predicted molar refractivity (Wildman–Crippen MR) is 72.5 cm³/mol. The van der Waals surface area contributed by atoms with Crippen molar-refractivity contribution in [3.05, 3.63) is 65.5 Å². The molecule has 2 atom stereocenters. The van der Waals surface area contributed by atoms with Crippen molar-refractivity contribution in [2.24, 2.45) is 5.41 Å². The maximum absolute atomic E-state index is 13.9. The van der Waals surface area contributed by atoms with Crippen LogP contribution in [0.1, 0.15) is 28.3 Å². The fourth-order valence-electron chi connectivity index (χ4n) is 3.20. The molecule has 2 aromatic rings. The summed E-state index contributed by atoms with van der Waals surface area (Å²) in [6.45, 7) is 0.349. The topological polar surface area (TPSA) is 26.3 Å². The molecule has 0 amide bonds. The highest BCUT2D eigenvalue weighted by atomic mass is 19.1. The molecule has 4 rings (SSSR count). The van der Waals surface area contributed by atoms with Crippen LogP contribution in [-0.4, -0.2) is 12.4 Å². The Morgan fingerprint density at radius 2 is 1.85 bits per heavy atom. The summed E-state index contributed by atoms with van der Waals surface area (Å²) in [5.74, 6) is 0.431. The Bertz CT molecular complexity index is 710. The third-order valence-electron chi connectivity index (χ3n) is 4.43. The Morgan fingerprint density at radius 1 is 1.10 bits per heavy atom. The standard InChI is InChI=1S/C17H13FO2/c18-14-7-3-1-5-11(14)13-9-17(13)10-20-15-8-4-2-6-12(15)16(17)19/h1-8,13H,9-10H2/t13-,17+/m1/s1. The molecule has 0 unspecified atom stereocenters. The monoisotopic (exact) mass is 268 g/mol. The second-order valence-corrected chi connectivity index (χ2v) is 5.55. The number of carbonyl (C=O) groups is 1. The lowest BCUT2D eigenvalue weighted by Gasteiger charge is -2.25. The van der Waals surface area contributed by atoms with Crippen molar-refractivity contribution in [3.8, 4) is 5.75 Å². The van der Waals surface area contributed by atoms with Gasteiger partial charge in [0.2, 0.25) is 0 Å². The summed E-state index contributed by atoms with van der Waals surface area (Å²) in [6.07, 6.45) is 0.668. The third kappa shape index (κ3) is 1.46. The Morgan fingerprint density at radius 3 is 2.70 bits per heavy atom. The highest BCUT2D eigenvalue weighted by Gasteiger charge is 2.63. The van der Waals surface area contributed by atoms with E-state index in [-0.39, 0.29) is 17.5 Å². The van der Waals surface area contributed by atoms with Gasteiger partial charge in [0.05, 0.1) is 11.0 Å². The van der Waals surface area contributed by atoms with E-state index in [4.69, 9.17) is 4.74 Å². The molecule has 0 N–H and O–H groups in total. The SMILES string of the molecule is O=C1c2ccccc2OC[C@]12C[C@@H]2c1ccccc1F. The molecule has 0 radical (unpaired) electrons. The van der Waals surface area contributed by atoms with Gasteiger partial charge in [0, 0.05) is 5.92 Å². The van der Waals surface area contributed by atoms with Crippen LogP contribution in [0, 0.1) is 11.2 Å². The van der Waals surface area contributed by atoms with Crippen molar-refractivity contribution in [2.75, 3.05) is 6.61 Å². The largest absolute Gasteiger partial charge is 0.492 e. The van der Waals surface area contributed by atoms with Gasteiger partial charge in [-0.2, -0.15) is 0 Å². The van der Waals surface area contributed by atoms with Crippen LogP contribution in [0.2, 0.25) is 0 Å². The van der Waals surface area contributed by atoms with Crippen LogP contribution in [0.25, 0.3) is 0 Å². The first-order valence-corrected chi connectivity index (χ1v) is 6.73. The van der Waals surface area contributed by atoms with Gasteiger partial charge in [-0.15, -0.1) is 0 Å². The van der Waals surface area contributed by atoms with E-state index in [2.05, 4.69) is 0 Å². The normalized spacial score (nSPS) is 27.1. The van der Waals surface area contributed by atoms with E-state index >= 15 is 0 Å². The van der Waals surface area contributed by atoms with Crippen molar-refractivity contribution >= 4 is 5.78 Å². The minimum atomic E-state index is -0.559. The lowest BCUT2D eigenvalue weighted by molar-refractivity contribution is 0.0789. The molecule has 2 aliphatic rings. The summed E-state index contributed by atoms with van der Waals surface area (Å²) in [5.41, 5.74) is 0.692. The lowest BCUT2D eigenvalue weighted by atomic mass is 9.88. The first kappa shape index (κ1) is 11.6. The smallest absolute Gasteiger partial charge is 0.176 e. The van der Waals surface area contributed by atoms with Gasteiger partial charge < -0.3 is 4.74 Å². The van der Waals surface area contributed by atoms with Crippen molar-refractivity contribution in [1.29, 1.82) is 0 Å². The molecule has 2 nitrogen and oxygen atoms in total. The van der Waals surface area contributed by atoms with Crippen molar-refractivity contribution in [3.63, 3.8) is 0 Å². The van der Waals surface area contributed by atoms with Crippen molar-refractivity contribution < 1.29 is 13.9 Å². The zero-order valence-electron chi connectivity index (χ0n) is 10.8. The average molecular weight is 268 g/mol. The number of hydrogen-bond acceptors (Lipinski definition) is 2. The highest BCUT2D eigenvalue weighted by molar-refractivity contribution is 6.06. The lowest BCUT2D eigenvalue weighted by Crippen LogP contribution is -2.31. The van der Waals surface area contributed by atoms with Gasteiger partial charge in [-0.1, -0.05) is 30.3 Å². The Balaban J connectivity index is 1.73. The quantitative estimate of drug-likeness (QED) is 0.790. The van der Waals surface area contributed by atoms with E-state index in [1.54, 1.807) is 24.3 Å². The summed E-state index contributed by atoms with van der Waals surface area (Å²) in [7, 11) is 0. The maximum Gasteiger partial charge on any atom is 0.176 e. The van der Waals surface area contributed by atoms with Crippen LogP contribution in [0.15, 0.2) is 48.5 Å². The van der Waals surface area contributed by atoms with Crippen LogP contribution in [0.5, 0.6) is 5.75 Å². The van der Waals surface area contributed by atoms with Gasteiger partial charge in [0.25, 0.3) is 0 Å². The summed E-state index contributed by atoms with van der Waals surface area (Å²) >= 11 is 0. The summed E-state index contributed by atoms with van der Waals surface area (Å²) in [5, 5.41) is 0. The van der Waals surface area contributed by atoms with Gasteiger partial charge >= 0.3 is 0 Å². The molecule has 2 aromatic carbocycles. The van der Waals surface area contributed by atoms with Crippen LogP contribution in [-0.2, 0) is 0 Å². The molecule has 1 saturated carbocycles. The molecule has 1 fully saturated rings. The third-order valence-corrected chi connectivity index (χ3v) is 4.43. The Labute approximate surface area is 116 Å². The van der Waals surface area contributed by atoms with E-state index in [1.807, 2.05) is 18.2 Å². The number of fused-ring (bicyclic) bond motifs is 1. The molecule has 1 heterocycles. The Hall–Kier alpha value is -2.16. The average Bonchev–Trinajstić information content (AvgIpc) is 3.19. The Kier molecular flexibility index (Phi) is 2.28. The van der Waals surface area contributed by atoms with Gasteiger partial charge in [-0.3, -0.25) is 4.79 Å². The zero-order valence-corrected chi connectivity index (χ0v) is 10.8. The minimum Gasteiger partial charge on any atom is -0.492 e. The second-order valence-electron chi connectivity index (χ2n) is 5.55. The number of ketones is 1. The number of rotatable bonds is 1. The van der Waals surface area contributed by atoms with E-state index in [1.165, 1.54) is 6.07 Å². The van der Waals surface area contributed by atoms with E-state index < -0.39 is 5.41 Å². The maximum atomic E-state index is 13.9. The van der Waals surface area contributed by atoms with Crippen LogP contribution in [0.4, 0.5) is 4.39 Å². The molecule has 100 valence electrons. The van der Waals surface area contributed by atoms with Crippen LogP contribution < -0.4 is 4.74 Å². The van der Waals surface area contributed by atoms with Gasteiger partial charge in [-0.05, 0) is 30.2 Å². The fourth-order valence-corrected chi connectivity index (χ4v) is 3.20. The molecule has 0 bridgehead atoms. The van der Waals surface area contributed by atoms with Crippen LogP contribution >= 0.6 is 0 Å². The first-order valence-electron chi connectivity index (χ1n) is 6.73. The molecule has 1 aliphatic carbocycles. The summed E-state index contributed by atoms with van der Waals surface area (Å²) < 4.78 is 19.6. The zero-order chi connectivity index (χ0) is 13.7. The minimum absolute atomic E-state index is 0.0652. The summed E-state index contributed by atoms with van der Waals surface area (Å²) in [4.78, 5) is 12.7. The number of ether oxygens (including phenoxy) is 1. The summed E-state index contributed by atoms with van der Waals surface area (Å²) in [6, 6.07) is 14.0. The molecular weight excluding hydrogens is 255 g/mol. The number of hydrogen-bond donors (Lipinski definition) is 0.